The zero-order chi connectivity index (χ0) is 41.0. The van der Waals surface area contributed by atoms with Crippen LogP contribution >= 0.6 is 0 Å². The number of piperazine rings is 1. The smallest absolute Gasteiger partial charge is 0.413 e. The maximum Gasteiger partial charge on any atom is 0.413 e. The van der Waals surface area contributed by atoms with Crippen molar-refractivity contribution in [2.75, 3.05) is 50.9 Å². The van der Waals surface area contributed by atoms with Crippen LogP contribution in [0.2, 0.25) is 0 Å². The Hall–Kier alpha value is -5.40. The molecular formula is C43H45F3N6O7. The first-order valence-corrected chi connectivity index (χ1v) is 20.3. The number of hydrogen-bond acceptors (Lipinski definition) is 12. The number of phenols is 1. The molecule has 1 N–H and O–H groups in total. The van der Waals surface area contributed by atoms with E-state index in [1.54, 1.807) is 4.90 Å². The van der Waals surface area contributed by atoms with Gasteiger partial charge >= 0.3 is 18.1 Å². The lowest BCUT2D eigenvalue weighted by Crippen LogP contribution is -2.56. The Morgan fingerprint density at radius 2 is 1.86 bits per heavy atom. The maximum atomic E-state index is 17.1. The van der Waals surface area contributed by atoms with Crippen molar-refractivity contribution < 1.29 is 46.8 Å². The van der Waals surface area contributed by atoms with Crippen molar-refractivity contribution >= 4 is 39.6 Å². The molecule has 2 aromatic carbocycles. The number of pyridine rings is 1. The lowest BCUT2D eigenvalue weighted by Gasteiger charge is -2.41. The average Bonchev–Trinajstić information content (AvgIpc) is 3.83. The maximum absolute atomic E-state index is 17.1. The molecule has 9 rings (SSSR count). The molecule has 1 amide bonds. The molecule has 2 bridgehead atoms. The number of terminal acetylenes is 1. The summed E-state index contributed by atoms with van der Waals surface area (Å²) in [4.78, 5) is 45.8. The van der Waals surface area contributed by atoms with Crippen LogP contribution in [-0.2, 0) is 19.0 Å². The summed E-state index contributed by atoms with van der Waals surface area (Å²) >= 11 is 0. The lowest BCUT2D eigenvalue weighted by atomic mass is 9.95. The third kappa shape index (κ3) is 7.32. The van der Waals surface area contributed by atoms with E-state index in [1.807, 2.05) is 4.90 Å². The fraction of sp³-hybridized carbons (Fsp3) is 0.512. The Morgan fingerprint density at radius 1 is 1.08 bits per heavy atom. The SMILES string of the molecule is C#Cc1c(F)ccc2cc(O)cc(-c3ncc4c(N5CC6CCC(C5)N6C(=O)OC(C)OC(=O)CC5CCOCC5)nc(OC[C@@]56CCCN5CC(F)C6)nc4c3F)c12. The molecule has 0 spiro atoms. The number of aromatic hydroxyl groups is 1. The molecule has 4 aromatic rings. The van der Waals surface area contributed by atoms with Gasteiger partial charge in [0.1, 0.15) is 41.4 Å². The molecule has 16 heteroatoms. The van der Waals surface area contributed by atoms with Crippen LogP contribution in [-0.4, -0.2) is 118 Å². The number of amides is 1. The quantitative estimate of drug-likeness (QED) is 0.116. The van der Waals surface area contributed by atoms with Crippen LogP contribution in [0.4, 0.5) is 23.8 Å². The number of carbonyl (C=O) groups excluding carboxylic acids is 2. The molecule has 7 heterocycles. The highest BCUT2D eigenvalue weighted by Gasteiger charge is 2.50. The van der Waals surface area contributed by atoms with E-state index in [2.05, 4.69) is 20.8 Å². The van der Waals surface area contributed by atoms with Gasteiger partial charge in [0, 0.05) is 69.8 Å². The summed E-state index contributed by atoms with van der Waals surface area (Å²) in [6.07, 6.45) is 9.55. The zero-order valence-electron chi connectivity index (χ0n) is 32.7. The van der Waals surface area contributed by atoms with Gasteiger partial charge in [0.15, 0.2) is 5.82 Å². The van der Waals surface area contributed by atoms with Gasteiger partial charge in [-0.15, -0.1) is 6.42 Å². The summed E-state index contributed by atoms with van der Waals surface area (Å²) in [5, 5.41) is 11.5. The molecule has 4 unspecified atom stereocenters. The first-order valence-electron chi connectivity index (χ1n) is 20.3. The van der Waals surface area contributed by atoms with Gasteiger partial charge in [0.2, 0.25) is 6.29 Å². The van der Waals surface area contributed by atoms with Gasteiger partial charge in [0.05, 0.1) is 28.6 Å². The lowest BCUT2D eigenvalue weighted by molar-refractivity contribution is -0.168. The number of halogens is 3. The third-order valence-electron chi connectivity index (χ3n) is 12.7. The highest BCUT2D eigenvalue weighted by Crippen LogP contribution is 2.43. The van der Waals surface area contributed by atoms with E-state index in [0.29, 0.717) is 63.3 Å². The van der Waals surface area contributed by atoms with Gasteiger partial charge in [-0.2, -0.15) is 9.97 Å². The standard InChI is InChI=1S/C43H45F3N6O7/c1-3-31-34(45)8-5-26-16-30(53)17-32(36(26)31)38-37(46)39-33(19-47-38)40(49-41(48-39)57-23-43-11-4-12-51(43)20-27(44)18-43)50-21-28-6-7-29(22-50)52(28)42(55)59-24(2)58-35(54)15-25-9-13-56-14-10-25/h1,5,8,16-17,19,24-25,27-29,53H,4,6-7,9-15,18,20-23H2,2H3/t24?,27?,28?,29?,43-/m0/s1. The number of fused-ring (bicyclic) bond motifs is 5. The summed E-state index contributed by atoms with van der Waals surface area (Å²) in [5.74, 6) is 0.669. The second kappa shape index (κ2) is 15.6. The highest BCUT2D eigenvalue weighted by molar-refractivity contribution is 6.03. The third-order valence-corrected chi connectivity index (χ3v) is 12.7. The number of carbonyl (C=O) groups is 2. The number of rotatable bonds is 9. The predicted molar refractivity (Wildman–Crippen MR) is 209 cm³/mol. The Morgan fingerprint density at radius 3 is 2.63 bits per heavy atom. The van der Waals surface area contributed by atoms with Crippen molar-refractivity contribution in [2.45, 2.75) is 88.4 Å². The molecule has 59 heavy (non-hydrogen) atoms. The molecule has 5 aliphatic heterocycles. The highest BCUT2D eigenvalue weighted by atomic mass is 19.1. The predicted octanol–water partition coefficient (Wildman–Crippen LogP) is 6.26. The summed E-state index contributed by atoms with van der Waals surface area (Å²) in [6, 6.07) is 4.60. The van der Waals surface area contributed by atoms with E-state index in [-0.39, 0.29) is 75.9 Å². The Bertz CT molecular complexity index is 2340. The van der Waals surface area contributed by atoms with E-state index in [1.165, 1.54) is 37.4 Å². The van der Waals surface area contributed by atoms with E-state index in [9.17, 15) is 19.1 Å². The van der Waals surface area contributed by atoms with Crippen molar-refractivity contribution in [2.24, 2.45) is 5.92 Å². The van der Waals surface area contributed by atoms with Gasteiger partial charge in [-0.05, 0) is 74.6 Å². The molecule has 2 aromatic heterocycles. The molecule has 5 fully saturated rings. The van der Waals surface area contributed by atoms with Crippen molar-refractivity contribution in [3.05, 3.63) is 47.7 Å². The minimum atomic E-state index is -1.08. The number of esters is 1. The molecule has 0 saturated carbocycles. The zero-order valence-corrected chi connectivity index (χ0v) is 32.7. The first kappa shape index (κ1) is 39.1. The van der Waals surface area contributed by atoms with Crippen molar-refractivity contribution in [1.29, 1.82) is 0 Å². The monoisotopic (exact) mass is 814 g/mol. The topological polar surface area (TPSA) is 140 Å². The fourth-order valence-corrected chi connectivity index (χ4v) is 9.94. The minimum Gasteiger partial charge on any atom is -0.508 e. The van der Waals surface area contributed by atoms with Crippen LogP contribution in [0.1, 0.15) is 63.9 Å². The van der Waals surface area contributed by atoms with Crippen LogP contribution in [0.25, 0.3) is 32.9 Å². The van der Waals surface area contributed by atoms with Gasteiger partial charge < -0.3 is 29.0 Å². The van der Waals surface area contributed by atoms with Crippen LogP contribution in [0.15, 0.2) is 30.5 Å². The second-order valence-corrected chi connectivity index (χ2v) is 16.4. The van der Waals surface area contributed by atoms with Crippen LogP contribution in [0.3, 0.4) is 0 Å². The molecule has 0 radical (unpaired) electrons. The Labute approximate surface area is 338 Å². The van der Waals surface area contributed by atoms with Gasteiger partial charge in [-0.1, -0.05) is 12.0 Å². The Balaban J connectivity index is 1.02. The number of aromatic nitrogens is 3. The summed E-state index contributed by atoms with van der Waals surface area (Å²) in [5.41, 5.74) is -0.918. The van der Waals surface area contributed by atoms with Crippen molar-refractivity contribution in [1.82, 2.24) is 24.8 Å². The van der Waals surface area contributed by atoms with Crippen molar-refractivity contribution in [3.63, 3.8) is 0 Å². The molecule has 5 aliphatic rings. The number of hydrogen-bond donors (Lipinski definition) is 1. The number of phenolic OH excluding ortho intramolecular Hbond substituents is 1. The summed E-state index contributed by atoms with van der Waals surface area (Å²) in [6.45, 7) is 4.53. The number of anilines is 1. The number of benzene rings is 2. The van der Waals surface area contributed by atoms with E-state index in [4.69, 9.17) is 30.4 Å². The summed E-state index contributed by atoms with van der Waals surface area (Å²) in [7, 11) is 0. The average molecular weight is 815 g/mol. The second-order valence-electron chi connectivity index (χ2n) is 16.4. The minimum absolute atomic E-state index is 0.0728. The molecule has 5 saturated heterocycles. The van der Waals surface area contributed by atoms with Gasteiger partial charge in [0.25, 0.3) is 0 Å². The molecule has 0 aliphatic carbocycles. The first-order chi connectivity index (χ1) is 28.5. The molecule has 5 atom stereocenters. The number of alkyl halides is 1. The van der Waals surface area contributed by atoms with Gasteiger partial charge in [-0.25, -0.2) is 18.0 Å². The Kier molecular flexibility index (Phi) is 10.4. The van der Waals surface area contributed by atoms with E-state index in [0.717, 1.165) is 32.2 Å². The van der Waals surface area contributed by atoms with Crippen LogP contribution in [0, 0.1) is 29.9 Å². The van der Waals surface area contributed by atoms with E-state index >= 15 is 8.78 Å². The van der Waals surface area contributed by atoms with Crippen LogP contribution in [0.5, 0.6) is 11.8 Å². The van der Waals surface area contributed by atoms with Gasteiger partial charge in [-0.3, -0.25) is 19.6 Å². The summed E-state index contributed by atoms with van der Waals surface area (Å²) < 4.78 is 69.6. The van der Waals surface area contributed by atoms with Crippen molar-refractivity contribution in [3.8, 4) is 35.4 Å². The molecule has 310 valence electrons. The van der Waals surface area contributed by atoms with E-state index < -0.39 is 41.7 Å². The normalized spacial score (nSPS) is 25.0. The van der Waals surface area contributed by atoms with Crippen LogP contribution < -0.4 is 9.64 Å². The molecule has 13 nitrogen and oxygen atoms in total. The largest absolute Gasteiger partial charge is 0.508 e. The number of nitrogens with zero attached hydrogens (tertiary/aromatic N) is 6. The fourth-order valence-electron chi connectivity index (χ4n) is 9.94. The molecular weight excluding hydrogens is 770 g/mol. The number of ether oxygens (including phenoxy) is 4.